The van der Waals surface area contributed by atoms with Gasteiger partial charge in [-0.1, -0.05) is 6.07 Å². The van der Waals surface area contributed by atoms with E-state index in [1.165, 1.54) is 6.07 Å². The van der Waals surface area contributed by atoms with Crippen molar-refractivity contribution >= 4 is 11.8 Å². The molecule has 0 bridgehead atoms. The summed E-state index contributed by atoms with van der Waals surface area (Å²) in [5, 5.41) is 0. The van der Waals surface area contributed by atoms with E-state index >= 15 is 0 Å². The van der Waals surface area contributed by atoms with Gasteiger partial charge < -0.3 is 9.80 Å². The van der Waals surface area contributed by atoms with E-state index in [9.17, 15) is 18.4 Å². The van der Waals surface area contributed by atoms with E-state index in [1.54, 1.807) is 34.3 Å². The van der Waals surface area contributed by atoms with Crippen molar-refractivity contribution in [2.24, 2.45) is 5.41 Å². The lowest BCUT2D eigenvalue weighted by atomic mass is 9.78. The van der Waals surface area contributed by atoms with Gasteiger partial charge in [0.05, 0.1) is 5.41 Å². The van der Waals surface area contributed by atoms with Gasteiger partial charge in [-0.15, -0.1) is 0 Å². The fraction of sp³-hybridized carbons (Fsp3) is 0.381. The normalized spacial score (nSPS) is 22.1. The van der Waals surface area contributed by atoms with Crippen LogP contribution in [0.5, 0.6) is 0 Å². The second-order valence-electron chi connectivity index (χ2n) is 7.57. The van der Waals surface area contributed by atoms with Crippen LogP contribution in [-0.4, -0.2) is 46.2 Å². The van der Waals surface area contributed by atoms with Gasteiger partial charge in [-0.05, 0) is 49.1 Å². The van der Waals surface area contributed by atoms with E-state index in [1.807, 2.05) is 0 Å². The van der Waals surface area contributed by atoms with Gasteiger partial charge in [0, 0.05) is 44.1 Å². The number of carbonyl (C=O) groups excluding carboxylic acids is 2. The molecule has 1 unspecified atom stereocenters. The number of hydrogen-bond donors (Lipinski definition) is 0. The zero-order valence-electron chi connectivity index (χ0n) is 15.4. The third kappa shape index (κ3) is 3.37. The lowest BCUT2D eigenvalue weighted by Crippen LogP contribution is -2.50. The lowest BCUT2D eigenvalue weighted by Gasteiger charge is -2.39. The molecule has 3 heterocycles. The number of benzene rings is 1. The van der Waals surface area contributed by atoms with Gasteiger partial charge >= 0.3 is 0 Å². The smallest absolute Gasteiger partial charge is 0.253 e. The summed E-state index contributed by atoms with van der Waals surface area (Å²) in [5.41, 5.74) is 0.542. The van der Waals surface area contributed by atoms with Gasteiger partial charge in [0.15, 0.2) is 11.6 Å². The first-order chi connectivity index (χ1) is 13.5. The molecule has 1 spiro atoms. The maximum atomic E-state index is 13.5. The highest BCUT2D eigenvalue weighted by Gasteiger charge is 2.49. The zero-order valence-corrected chi connectivity index (χ0v) is 15.4. The number of likely N-dealkylation sites (tertiary alicyclic amines) is 2. The Morgan fingerprint density at radius 3 is 2.61 bits per heavy atom. The molecule has 2 aliphatic heterocycles. The topological polar surface area (TPSA) is 53.5 Å². The van der Waals surface area contributed by atoms with E-state index in [0.29, 0.717) is 37.2 Å². The Kier molecular flexibility index (Phi) is 4.83. The fourth-order valence-electron chi connectivity index (χ4n) is 4.26. The molecule has 28 heavy (non-hydrogen) atoms. The minimum Gasteiger partial charge on any atom is -0.338 e. The quantitative estimate of drug-likeness (QED) is 0.816. The number of halogens is 2. The van der Waals surface area contributed by atoms with Gasteiger partial charge in [-0.25, -0.2) is 8.78 Å². The van der Waals surface area contributed by atoms with Crippen LogP contribution in [0.4, 0.5) is 8.78 Å². The second-order valence-corrected chi connectivity index (χ2v) is 7.57. The molecule has 146 valence electrons. The Labute approximate surface area is 162 Å². The predicted molar refractivity (Wildman–Crippen MR) is 98.2 cm³/mol. The maximum absolute atomic E-state index is 13.5. The molecule has 1 aromatic heterocycles. The van der Waals surface area contributed by atoms with Crippen molar-refractivity contribution < 1.29 is 18.4 Å². The number of hydrogen-bond acceptors (Lipinski definition) is 3. The predicted octanol–water partition coefficient (Wildman–Crippen LogP) is 3.01. The summed E-state index contributed by atoms with van der Waals surface area (Å²) in [5.74, 6) is -1.91. The van der Waals surface area contributed by atoms with Crippen LogP contribution in [0.3, 0.4) is 0 Å². The van der Waals surface area contributed by atoms with Gasteiger partial charge in [-0.2, -0.15) is 0 Å². The Hall–Kier alpha value is -2.83. The summed E-state index contributed by atoms with van der Waals surface area (Å²) in [6.07, 6.45) is 5.34. The maximum Gasteiger partial charge on any atom is 0.253 e. The molecule has 4 rings (SSSR count). The van der Waals surface area contributed by atoms with E-state index in [-0.39, 0.29) is 18.4 Å². The largest absolute Gasteiger partial charge is 0.338 e. The summed E-state index contributed by atoms with van der Waals surface area (Å²) >= 11 is 0. The van der Waals surface area contributed by atoms with E-state index in [0.717, 1.165) is 25.0 Å². The van der Waals surface area contributed by atoms with Gasteiger partial charge in [0.1, 0.15) is 0 Å². The molecule has 7 heteroatoms. The minimum atomic E-state index is -0.910. The Balaban J connectivity index is 1.48. The van der Waals surface area contributed by atoms with Crippen molar-refractivity contribution in [1.82, 2.24) is 14.8 Å². The lowest BCUT2D eigenvalue weighted by molar-refractivity contribution is -0.146. The average Bonchev–Trinajstić information content (AvgIpc) is 3.13. The molecule has 2 aliphatic rings. The Morgan fingerprint density at radius 1 is 1.07 bits per heavy atom. The van der Waals surface area contributed by atoms with Crippen LogP contribution in [0, 0.1) is 17.0 Å². The van der Waals surface area contributed by atoms with Crippen LogP contribution in [-0.2, 0) is 11.3 Å². The van der Waals surface area contributed by atoms with Crippen LogP contribution in [0.15, 0.2) is 42.7 Å². The summed E-state index contributed by atoms with van der Waals surface area (Å²) in [6, 6.07) is 7.06. The average molecular weight is 385 g/mol. The number of amides is 2. The zero-order chi connectivity index (χ0) is 19.7. The van der Waals surface area contributed by atoms with Crippen LogP contribution in [0.25, 0.3) is 0 Å². The molecule has 2 fully saturated rings. The van der Waals surface area contributed by atoms with Crippen LogP contribution in [0.1, 0.15) is 35.2 Å². The van der Waals surface area contributed by atoms with Crippen molar-refractivity contribution in [3.05, 3.63) is 65.5 Å². The van der Waals surface area contributed by atoms with E-state index in [4.69, 9.17) is 0 Å². The summed E-state index contributed by atoms with van der Waals surface area (Å²) in [4.78, 5) is 33.3. The molecule has 1 aromatic carbocycles. The van der Waals surface area contributed by atoms with Gasteiger partial charge in [0.2, 0.25) is 5.91 Å². The molecule has 2 amide bonds. The van der Waals surface area contributed by atoms with Crippen LogP contribution >= 0.6 is 0 Å². The summed E-state index contributed by atoms with van der Waals surface area (Å²) in [7, 11) is 0. The third-order valence-electron chi connectivity index (χ3n) is 5.75. The standard InChI is InChI=1S/C21H21F2N3O2/c22-17-3-2-15(12-18(17)23)13-25-10-1-6-21(20(25)28)7-11-26(14-21)19(27)16-4-8-24-9-5-16/h2-5,8-9,12H,1,6-7,10-11,13-14H2. The molecule has 1 atom stereocenters. The monoisotopic (exact) mass is 385 g/mol. The molecule has 0 N–H and O–H groups in total. The first-order valence-corrected chi connectivity index (χ1v) is 9.41. The van der Waals surface area contributed by atoms with Gasteiger partial charge in [-0.3, -0.25) is 14.6 Å². The number of piperidine rings is 1. The number of carbonyl (C=O) groups is 2. The molecule has 2 saturated heterocycles. The second kappa shape index (κ2) is 7.30. The molecule has 0 saturated carbocycles. The van der Waals surface area contributed by atoms with Gasteiger partial charge in [0.25, 0.3) is 5.91 Å². The third-order valence-corrected chi connectivity index (χ3v) is 5.75. The van der Waals surface area contributed by atoms with Crippen molar-refractivity contribution in [2.45, 2.75) is 25.8 Å². The summed E-state index contributed by atoms with van der Waals surface area (Å²) in [6.45, 7) is 1.75. The number of nitrogens with zero attached hydrogens (tertiary/aromatic N) is 3. The molecule has 5 nitrogen and oxygen atoms in total. The molecular weight excluding hydrogens is 364 g/mol. The fourth-order valence-corrected chi connectivity index (χ4v) is 4.26. The first-order valence-electron chi connectivity index (χ1n) is 9.41. The van der Waals surface area contributed by atoms with Crippen molar-refractivity contribution in [2.75, 3.05) is 19.6 Å². The SMILES string of the molecule is O=C(c1ccncc1)N1CCC2(CCCN(Cc3ccc(F)c(F)c3)C2=O)C1. The highest BCUT2D eigenvalue weighted by atomic mass is 19.2. The molecular formula is C21H21F2N3O2. The number of aromatic nitrogens is 1. The van der Waals surface area contributed by atoms with E-state index < -0.39 is 17.0 Å². The molecule has 0 radical (unpaired) electrons. The van der Waals surface area contributed by atoms with Crippen LogP contribution < -0.4 is 0 Å². The number of rotatable bonds is 3. The molecule has 0 aliphatic carbocycles. The van der Waals surface area contributed by atoms with Crippen molar-refractivity contribution in [3.63, 3.8) is 0 Å². The van der Waals surface area contributed by atoms with Crippen molar-refractivity contribution in [1.29, 1.82) is 0 Å². The Morgan fingerprint density at radius 2 is 1.86 bits per heavy atom. The van der Waals surface area contributed by atoms with Crippen LogP contribution in [0.2, 0.25) is 0 Å². The highest BCUT2D eigenvalue weighted by molar-refractivity contribution is 5.95. The van der Waals surface area contributed by atoms with Crippen molar-refractivity contribution in [3.8, 4) is 0 Å². The van der Waals surface area contributed by atoms with E-state index in [2.05, 4.69) is 4.98 Å². The first kappa shape index (κ1) is 18.5. The summed E-state index contributed by atoms with van der Waals surface area (Å²) < 4.78 is 26.7. The highest BCUT2D eigenvalue weighted by Crippen LogP contribution is 2.41. The Bertz CT molecular complexity index is 906. The minimum absolute atomic E-state index is 0.00601. The number of pyridine rings is 1. The molecule has 2 aromatic rings.